The molecule has 0 saturated carbocycles. The van der Waals surface area contributed by atoms with Crippen molar-refractivity contribution in [3.05, 3.63) is 29.3 Å². The Labute approximate surface area is 151 Å². The molecular formula is C14H16ClF6N3S. The molecule has 11 heteroatoms. The minimum Gasteiger partial charge on any atom is -0.361 e. The van der Waals surface area contributed by atoms with Crippen LogP contribution in [-0.4, -0.2) is 24.2 Å². The Morgan fingerprint density at radius 1 is 1.08 bits per heavy atom. The fourth-order valence-corrected chi connectivity index (χ4v) is 2.55. The van der Waals surface area contributed by atoms with Crippen LogP contribution in [0.5, 0.6) is 0 Å². The average molecular weight is 408 g/mol. The molecule has 1 aliphatic rings. The third-order valence-electron chi connectivity index (χ3n) is 3.52. The van der Waals surface area contributed by atoms with Crippen molar-refractivity contribution in [2.45, 2.75) is 31.2 Å². The van der Waals surface area contributed by atoms with E-state index in [0.29, 0.717) is 18.7 Å². The van der Waals surface area contributed by atoms with Gasteiger partial charge in [0.05, 0.1) is 11.1 Å². The van der Waals surface area contributed by atoms with Gasteiger partial charge in [-0.2, -0.15) is 26.3 Å². The van der Waals surface area contributed by atoms with Gasteiger partial charge in [-0.25, -0.2) is 0 Å². The van der Waals surface area contributed by atoms with Gasteiger partial charge in [-0.15, -0.1) is 12.4 Å². The predicted molar refractivity (Wildman–Crippen MR) is 88.9 cm³/mol. The summed E-state index contributed by atoms with van der Waals surface area (Å²) < 4.78 is 76.6. The maximum atomic E-state index is 12.8. The SMILES string of the molecule is Cl.FC(F)(F)c1cc(NC(=S)NC[C@@H]2CCCN2)cc(C(F)(F)F)c1. The smallest absolute Gasteiger partial charge is 0.361 e. The van der Waals surface area contributed by atoms with Crippen LogP contribution in [0.3, 0.4) is 0 Å². The van der Waals surface area contributed by atoms with Gasteiger partial charge in [0.25, 0.3) is 0 Å². The van der Waals surface area contributed by atoms with Gasteiger partial charge in [0.15, 0.2) is 5.11 Å². The highest BCUT2D eigenvalue weighted by Gasteiger charge is 2.37. The van der Waals surface area contributed by atoms with Crippen LogP contribution in [0.15, 0.2) is 18.2 Å². The highest BCUT2D eigenvalue weighted by atomic mass is 35.5. The molecular weight excluding hydrogens is 392 g/mol. The molecule has 1 aliphatic heterocycles. The van der Waals surface area contributed by atoms with E-state index in [9.17, 15) is 26.3 Å². The van der Waals surface area contributed by atoms with Crippen molar-refractivity contribution in [1.82, 2.24) is 10.6 Å². The van der Waals surface area contributed by atoms with Crippen LogP contribution in [0.1, 0.15) is 24.0 Å². The molecule has 0 spiro atoms. The lowest BCUT2D eigenvalue weighted by Crippen LogP contribution is -2.39. The third-order valence-corrected chi connectivity index (χ3v) is 3.76. The van der Waals surface area contributed by atoms with E-state index in [0.717, 1.165) is 19.4 Å². The Morgan fingerprint density at radius 3 is 2.08 bits per heavy atom. The molecule has 1 fully saturated rings. The molecule has 1 aromatic rings. The van der Waals surface area contributed by atoms with E-state index in [-0.39, 0.29) is 35.3 Å². The summed E-state index contributed by atoms with van der Waals surface area (Å²) in [7, 11) is 0. The summed E-state index contributed by atoms with van der Waals surface area (Å²) >= 11 is 4.93. The molecule has 0 radical (unpaired) electrons. The molecule has 0 aromatic heterocycles. The van der Waals surface area contributed by atoms with E-state index in [1.54, 1.807) is 0 Å². The maximum Gasteiger partial charge on any atom is 0.416 e. The molecule has 0 aliphatic carbocycles. The number of thiocarbonyl (C=S) groups is 1. The fraction of sp³-hybridized carbons (Fsp3) is 0.500. The first kappa shape index (κ1) is 21.8. The lowest BCUT2D eigenvalue weighted by atomic mass is 10.1. The van der Waals surface area contributed by atoms with Gasteiger partial charge in [0, 0.05) is 18.3 Å². The zero-order valence-corrected chi connectivity index (χ0v) is 14.4. The molecule has 1 aromatic carbocycles. The summed E-state index contributed by atoms with van der Waals surface area (Å²) in [5.74, 6) is 0. The van der Waals surface area contributed by atoms with Crippen LogP contribution in [0.4, 0.5) is 32.0 Å². The summed E-state index contributed by atoms with van der Waals surface area (Å²) in [5.41, 5.74) is -3.14. The van der Waals surface area contributed by atoms with Crippen LogP contribution in [0.2, 0.25) is 0 Å². The van der Waals surface area contributed by atoms with Crippen molar-refractivity contribution in [1.29, 1.82) is 0 Å². The van der Waals surface area contributed by atoms with Crippen LogP contribution in [-0.2, 0) is 12.4 Å². The molecule has 142 valence electrons. The molecule has 3 nitrogen and oxygen atoms in total. The summed E-state index contributed by atoms with van der Waals surface area (Å²) in [6, 6.07) is 1.44. The summed E-state index contributed by atoms with van der Waals surface area (Å²) in [6.45, 7) is 1.31. The van der Waals surface area contributed by atoms with Crippen molar-refractivity contribution in [2.75, 3.05) is 18.4 Å². The number of benzene rings is 1. The molecule has 1 atom stereocenters. The predicted octanol–water partition coefficient (Wildman–Crippen LogP) is 4.18. The Kier molecular flexibility index (Phi) is 7.33. The first-order valence-corrected chi connectivity index (χ1v) is 7.54. The van der Waals surface area contributed by atoms with E-state index in [1.807, 2.05) is 0 Å². The van der Waals surface area contributed by atoms with Gasteiger partial charge in [0.1, 0.15) is 0 Å². The van der Waals surface area contributed by atoms with Gasteiger partial charge in [0.2, 0.25) is 0 Å². The van der Waals surface area contributed by atoms with Crippen LogP contribution in [0, 0.1) is 0 Å². The van der Waals surface area contributed by atoms with Gasteiger partial charge in [-0.1, -0.05) is 0 Å². The van der Waals surface area contributed by atoms with Crippen molar-refractivity contribution in [3.63, 3.8) is 0 Å². The highest BCUT2D eigenvalue weighted by molar-refractivity contribution is 7.80. The number of hydrogen-bond donors (Lipinski definition) is 3. The van der Waals surface area contributed by atoms with Crippen molar-refractivity contribution < 1.29 is 26.3 Å². The van der Waals surface area contributed by atoms with Gasteiger partial charge < -0.3 is 16.0 Å². The third kappa shape index (κ3) is 6.52. The quantitative estimate of drug-likeness (QED) is 0.519. The number of rotatable bonds is 3. The minimum atomic E-state index is -4.89. The topological polar surface area (TPSA) is 36.1 Å². The van der Waals surface area contributed by atoms with Gasteiger partial charge in [-0.05, 0) is 49.8 Å². The second-order valence-electron chi connectivity index (χ2n) is 5.42. The molecule has 0 unspecified atom stereocenters. The summed E-state index contributed by atoms with van der Waals surface area (Å²) in [5, 5.41) is 8.32. The fourth-order valence-electron chi connectivity index (χ4n) is 2.35. The Bertz CT molecular complexity index is 567. The largest absolute Gasteiger partial charge is 0.416 e. The molecule has 0 bridgehead atoms. The highest BCUT2D eigenvalue weighted by Crippen LogP contribution is 2.37. The normalized spacial score (nSPS) is 17.8. The van der Waals surface area contributed by atoms with E-state index in [2.05, 4.69) is 16.0 Å². The van der Waals surface area contributed by atoms with E-state index >= 15 is 0 Å². The van der Waals surface area contributed by atoms with Gasteiger partial charge >= 0.3 is 12.4 Å². The first-order valence-electron chi connectivity index (χ1n) is 7.13. The van der Waals surface area contributed by atoms with Crippen molar-refractivity contribution in [3.8, 4) is 0 Å². The monoisotopic (exact) mass is 407 g/mol. The molecule has 3 N–H and O–H groups in total. The number of anilines is 1. The van der Waals surface area contributed by atoms with Crippen LogP contribution >= 0.6 is 24.6 Å². The number of nitrogens with one attached hydrogen (secondary N) is 3. The first-order chi connectivity index (χ1) is 11.1. The minimum absolute atomic E-state index is 0. The molecule has 1 heterocycles. The summed E-state index contributed by atoms with van der Waals surface area (Å²) in [6.07, 6.45) is -7.84. The van der Waals surface area contributed by atoms with E-state index in [4.69, 9.17) is 12.2 Å². The number of hydrogen-bond acceptors (Lipinski definition) is 2. The zero-order valence-electron chi connectivity index (χ0n) is 12.7. The van der Waals surface area contributed by atoms with Crippen molar-refractivity contribution in [2.24, 2.45) is 0 Å². The van der Waals surface area contributed by atoms with E-state index < -0.39 is 23.5 Å². The Balaban J connectivity index is 0.00000312. The Morgan fingerprint density at radius 2 is 1.64 bits per heavy atom. The number of halogens is 7. The Hall–Kier alpha value is -1.26. The molecule has 2 rings (SSSR count). The standard InChI is InChI=1S/C14H15F6N3S.ClH/c15-13(16,17)8-4-9(14(18,19)20)6-11(5-8)23-12(24)22-7-10-2-1-3-21-10;/h4-6,10,21H,1-3,7H2,(H2,22,23,24);1H/t10-;/m0./s1. The summed E-state index contributed by atoms with van der Waals surface area (Å²) in [4.78, 5) is 0. The van der Waals surface area contributed by atoms with Crippen LogP contribution in [0.25, 0.3) is 0 Å². The second kappa shape index (κ2) is 8.41. The molecule has 0 amide bonds. The lowest BCUT2D eigenvalue weighted by Gasteiger charge is -2.17. The van der Waals surface area contributed by atoms with Crippen molar-refractivity contribution >= 4 is 35.4 Å². The molecule has 25 heavy (non-hydrogen) atoms. The second-order valence-corrected chi connectivity index (χ2v) is 5.83. The zero-order chi connectivity index (χ0) is 18.0. The van der Waals surface area contributed by atoms with Gasteiger partial charge in [-0.3, -0.25) is 0 Å². The maximum absolute atomic E-state index is 12.8. The lowest BCUT2D eigenvalue weighted by molar-refractivity contribution is -0.143. The number of alkyl halides is 6. The van der Waals surface area contributed by atoms with Crippen LogP contribution < -0.4 is 16.0 Å². The molecule has 1 saturated heterocycles. The van der Waals surface area contributed by atoms with E-state index in [1.165, 1.54) is 0 Å². The average Bonchev–Trinajstić information content (AvgIpc) is 2.96.